The molecular weight excluding hydrogens is 405 g/mol. The molecule has 0 aliphatic heterocycles. The fourth-order valence-electron chi connectivity index (χ4n) is 2.90. The number of carbonyl (C=O) groups excluding carboxylic acids is 2. The zero-order chi connectivity index (χ0) is 21.1. The minimum Gasteiger partial charge on any atom is -0.465 e. The molecule has 150 valence electrons. The van der Waals surface area contributed by atoms with Gasteiger partial charge >= 0.3 is 5.97 Å². The van der Waals surface area contributed by atoms with Gasteiger partial charge in [0.25, 0.3) is 5.91 Å². The predicted octanol–water partition coefficient (Wildman–Crippen LogP) is 4.46. The van der Waals surface area contributed by atoms with Crippen LogP contribution in [0.3, 0.4) is 0 Å². The van der Waals surface area contributed by atoms with Crippen molar-refractivity contribution < 1.29 is 18.7 Å². The van der Waals surface area contributed by atoms with Crippen molar-refractivity contribution in [3.8, 4) is 0 Å². The summed E-state index contributed by atoms with van der Waals surface area (Å²) in [7, 11) is 1.30. The summed E-state index contributed by atoms with van der Waals surface area (Å²) in [5.74, 6) is -1.15. The van der Waals surface area contributed by atoms with Gasteiger partial charge in [-0.15, -0.1) is 0 Å². The number of methoxy groups -OCH3 is 1. The van der Waals surface area contributed by atoms with Gasteiger partial charge < -0.3 is 4.74 Å². The van der Waals surface area contributed by atoms with E-state index >= 15 is 0 Å². The van der Waals surface area contributed by atoms with Crippen molar-refractivity contribution in [1.29, 1.82) is 0 Å². The molecule has 1 amide bonds. The van der Waals surface area contributed by atoms with Gasteiger partial charge in [-0.25, -0.2) is 14.2 Å². The molecule has 2 aromatic heterocycles. The molecular formula is C22H16FN3O3S. The van der Waals surface area contributed by atoms with E-state index < -0.39 is 5.97 Å². The third-order valence-electron chi connectivity index (χ3n) is 4.41. The lowest BCUT2D eigenvalue weighted by Crippen LogP contribution is -2.30. The van der Waals surface area contributed by atoms with Crippen LogP contribution in [0.15, 0.2) is 66.9 Å². The van der Waals surface area contributed by atoms with E-state index in [1.165, 1.54) is 47.6 Å². The summed E-state index contributed by atoms with van der Waals surface area (Å²) in [6.45, 7) is 0.195. The van der Waals surface area contributed by atoms with E-state index in [1.54, 1.807) is 30.5 Å². The summed E-state index contributed by atoms with van der Waals surface area (Å²) in [5.41, 5.74) is 2.02. The third-order valence-corrected chi connectivity index (χ3v) is 5.46. The second-order valence-corrected chi connectivity index (χ2v) is 7.40. The van der Waals surface area contributed by atoms with Crippen LogP contribution in [-0.2, 0) is 11.3 Å². The molecule has 6 nitrogen and oxygen atoms in total. The number of carbonyl (C=O) groups is 2. The number of thiazole rings is 1. The number of fused-ring (bicyclic) bond motifs is 1. The maximum atomic E-state index is 13.6. The van der Waals surface area contributed by atoms with Gasteiger partial charge in [-0.3, -0.25) is 14.7 Å². The maximum Gasteiger partial charge on any atom is 0.337 e. The van der Waals surface area contributed by atoms with E-state index in [2.05, 4.69) is 9.97 Å². The maximum absolute atomic E-state index is 13.6. The Kier molecular flexibility index (Phi) is 5.49. The summed E-state index contributed by atoms with van der Waals surface area (Å²) >= 11 is 1.23. The minimum absolute atomic E-state index is 0.195. The van der Waals surface area contributed by atoms with Crippen LogP contribution < -0.4 is 4.90 Å². The number of esters is 1. The van der Waals surface area contributed by atoms with Crippen LogP contribution in [-0.4, -0.2) is 29.0 Å². The zero-order valence-corrected chi connectivity index (χ0v) is 16.7. The van der Waals surface area contributed by atoms with Gasteiger partial charge in [0.2, 0.25) is 0 Å². The molecule has 4 rings (SSSR count). The van der Waals surface area contributed by atoms with Crippen molar-refractivity contribution in [2.24, 2.45) is 0 Å². The fraction of sp³-hybridized carbons (Fsp3) is 0.0909. The molecule has 0 spiro atoms. The number of anilines is 1. The topological polar surface area (TPSA) is 72.4 Å². The smallest absolute Gasteiger partial charge is 0.337 e. The predicted molar refractivity (Wildman–Crippen MR) is 112 cm³/mol. The Morgan fingerprint density at radius 3 is 2.53 bits per heavy atom. The average molecular weight is 421 g/mol. The highest BCUT2D eigenvalue weighted by molar-refractivity contribution is 7.22. The first-order valence-electron chi connectivity index (χ1n) is 9.01. The number of ether oxygens (including phenoxy) is 1. The van der Waals surface area contributed by atoms with Crippen molar-refractivity contribution in [1.82, 2.24) is 9.97 Å². The summed E-state index contributed by atoms with van der Waals surface area (Å²) < 4.78 is 18.9. The molecule has 0 fully saturated rings. The number of rotatable bonds is 5. The number of nitrogens with zero attached hydrogens (tertiary/aromatic N) is 3. The Morgan fingerprint density at radius 2 is 1.83 bits per heavy atom. The number of amides is 1. The highest BCUT2D eigenvalue weighted by Crippen LogP contribution is 2.31. The van der Waals surface area contributed by atoms with Crippen LogP contribution in [0.25, 0.3) is 10.2 Å². The standard InChI is InChI=1S/C22H16FN3O3S/c1-29-21(28)15-7-5-14(6-8-15)20(27)26(13-17-4-2-3-11-24-17)22-25-18-10-9-16(23)12-19(18)30-22/h2-12H,13H2,1H3. The summed E-state index contributed by atoms with van der Waals surface area (Å²) in [6, 6.07) is 15.9. The molecule has 0 N–H and O–H groups in total. The molecule has 0 radical (unpaired) electrons. The van der Waals surface area contributed by atoms with Crippen molar-refractivity contribution in [3.05, 3.63) is 89.5 Å². The normalized spacial score (nSPS) is 10.7. The monoisotopic (exact) mass is 421 g/mol. The number of benzene rings is 2. The molecule has 4 aromatic rings. The number of halogens is 1. The van der Waals surface area contributed by atoms with E-state index in [-0.39, 0.29) is 18.3 Å². The van der Waals surface area contributed by atoms with Gasteiger partial charge in [-0.1, -0.05) is 17.4 Å². The molecule has 0 aliphatic carbocycles. The van der Waals surface area contributed by atoms with Crippen molar-refractivity contribution in [3.63, 3.8) is 0 Å². The first-order chi connectivity index (χ1) is 14.5. The lowest BCUT2D eigenvalue weighted by atomic mass is 10.1. The van der Waals surface area contributed by atoms with Crippen molar-refractivity contribution in [2.45, 2.75) is 6.54 Å². The van der Waals surface area contributed by atoms with Crippen LogP contribution in [0, 0.1) is 5.82 Å². The van der Waals surface area contributed by atoms with Crippen LogP contribution in [0.1, 0.15) is 26.4 Å². The molecule has 0 atom stereocenters. The first kappa shape index (κ1) is 19.7. The Bertz CT molecular complexity index is 1210. The van der Waals surface area contributed by atoms with Crippen molar-refractivity contribution >= 4 is 38.6 Å². The summed E-state index contributed by atoms with van der Waals surface area (Å²) in [4.78, 5) is 35.3. The second-order valence-electron chi connectivity index (χ2n) is 6.39. The van der Waals surface area contributed by atoms with E-state index in [0.717, 1.165) is 0 Å². The lowest BCUT2D eigenvalue weighted by molar-refractivity contribution is 0.0600. The van der Waals surface area contributed by atoms with Crippen molar-refractivity contribution in [2.75, 3.05) is 12.0 Å². The molecule has 2 aromatic carbocycles. The molecule has 0 bridgehead atoms. The Labute approximate surface area is 175 Å². The molecule has 0 saturated heterocycles. The number of aromatic nitrogens is 2. The van der Waals surface area contributed by atoms with Crippen LogP contribution in [0.5, 0.6) is 0 Å². The van der Waals surface area contributed by atoms with E-state index in [1.807, 2.05) is 12.1 Å². The van der Waals surface area contributed by atoms with Gasteiger partial charge in [-0.2, -0.15) is 0 Å². The Balaban J connectivity index is 1.72. The molecule has 0 saturated carbocycles. The van der Waals surface area contributed by atoms with Gasteiger partial charge in [0.05, 0.1) is 35.1 Å². The fourth-order valence-corrected chi connectivity index (χ4v) is 3.89. The third kappa shape index (κ3) is 4.04. The molecule has 0 unspecified atom stereocenters. The van der Waals surface area contributed by atoms with E-state index in [0.29, 0.717) is 32.2 Å². The first-order valence-corrected chi connectivity index (χ1v) is 9.83. The molecule has 0 aliphatic rings. The molecule has 30 heavy (non-hydrogen) atoms. The zero-order valence-electron chi connectivity index (χ0n) is 15.9. The average Bonchev–Trinajstić information content (AvgIpc) is 3.20. The Hall–Kier alpha value is -3.65. The van der Waals surface area contributed by atoms with E-state index in [9.17, 15) is 14.0 Å². The van der Waals surface area contributed by atoms with Gasteiger partial charge in [0, 0.05) is 11.8 Å². The van der Waals surface area contributed by atoms with Gasteiger partial charge in [0.1, 0.15) is 5.82 Å². The number of hydrogen-bond acceptors (Lipinski definition) is 6. The molecule has 2 heterocycles. The quantitative estimate of drug-likeness (QED) is 0.445. The van der Waals surface area contributed by atoms with Crippen LogP contribution in [0.4, 0.5) is 9.52 Å². The Morgan fingerprint density at radius 1 is 1.07 bits per heavy atom. The summed E-state index contributed by atoms with van der Waals surface area (Å²) in [6.07, 6.45) is 1.65. The highest BCUT2D eigenvalue weighted by Gasteiger charge is 2.23. The number of hydrogen-bond donors (Lipinski definition) is 0. The molecule has 8 heteroatoms. The van der Waals surface area contributed by atoms with Gasteiger partial charge in [-0.05, 0) is 54.6 Å². The summed E-state index contributed by atoms with van der Waals surface area (Å²) in [5, 5.41) is 0.434. The van der Waals surface area contributed by atoms with Crippen LogP contribution >= 0.6 is 11.3 Å². The van der Waals surface area contributed by atoms with E-state index in [4.69, 9.17) is 4.74 Å². The largest absolute Gasteiger partial charge is 0.465 e. The van der Waals surface area contributed by atoms with Crippen LogP contribution in [0.2, 0.25) is 0 Å². The second kappa shape index (κ2) is 8.38. The number of pyridine rings is 1. The lowest BCUT2D eigenvalue weighted by Gasteiger charge is -2.19. The minimum atomic E-state index is -0.479. The van der Waals surface area contributed by atoms with Gasteiger partial charge in [0.15, 0.2) is 5.13 Å². The highest BCUT2D eigenvalue weighted by atomic mass is 32.1. The SMILES string of the molecule is COC(=O)c1ccc(C(=O)N(Cc2ccccn2)c2nc3ccc(F)cc3s2)cc1.